The predicted octanol–water partition coefficient (Wildman–Crippen LogP) is 4.06. The number of ether oxygens (including phenoxy) is 1. The molecule has 0 bridgehead atoms. The van der Waals surface area contributed by atoms with E-state index in [1.807, 2.05) is 6.07 Å². The van der Waals surface area contributed by atoms with Crippen molar-refractivity contribution in [2.75, 3.05) is 5.32 Å². The molecule has 0 saturated heterocycles. The molecular weight excluding hydrogens is 272 g/mol. The summed E-state index contributed by atoms with van der Waals surface area (Å²) in [6.07, 6.45) is 4.37. The Balaban J connectivity index is 1.73. The normalized spacial score (nSPS) is 15.6. The fourth-order valence-corrected chi connectivity index (χ4v) is 2.65. The summed E-state index contributed by atoms with van der Waals surface area (Å²) in [7, 11) is 0. The van der Waals surface area contributed by atoms with Gasteiger partial charge in [0.1, 0.15) is 11.4 Å². The standard InChI is InChI=1S/C16H17ClN2O/c1-16(2)8-12-7-11(3-4-15(12)20-16)9-19-14-10-18-6-5-13(14)17/h3-7,10,19H,8-9H2,1-2H3. The number of rotatable bonds is 3. The Kier molecular flexibility index (Phi) is 3.30. The van der Waals surface area contributed by atoms with Crippen LogP contribution in [0.15, 0.2) is 36.7 Å². The van der Waals surface area contributed by atoms with Crippen LogP contribution < -0.4 is 10.1 Å². The molecule has 1 aliphatic heterocycles. The molecule has 2 heterocycles. The molecule has 0 radical (unpaired) electrons. The van der Waals surface area contributed by atoms with Crippen LogP contribution in [0.25, 0.3) is 0 Å². The van der Waals surface area contributed by atoms with Gasteiger partial charge in [-0.05, 0) is 37.1 Å². The van der Waals surface area contributed by atoms with Crippen molar-refractivity contribution in [1.82, 2.24) is 4.98 Å². The molecule has 0 unspecified atom stereocenters. The zero-order valence-electron chi connectivity index (χ0n) is 11.6. The smallest absolute Gasteiger partial charge is 0.123 e. The van der Waals surface area contributed by atoms with E-state index in [-0.39, 0.29) is 5.60 Å². The van der Waals surface area contributed by atoms with Gasteiger partial charge in [-0.15, -0.1) is 0 Å². The Bertz CT molecular complexity index is 640. The monoisotopic (exact) mass is 288 g/mol. The first-order chi connectivity index (χ1) is 9.53. The van der Waals surface area contributed by atoms with Gasteiger partial charge in [-0.2, -0.15) is 0 Å². The van der Waals surface area contributed by atoms with Crippen molar-refractivity contribution in [3.8, 4) is 5.75 Å². The number of anilines is 1. The zero-order chi connectivity index (χ0) is 14.2. The Morgan fingerprint density at radius 3 is 3.00 bits per heavy atom. The van der Waals surface area contributed by atoms with Gasteiger partial charge < -0.3 is 10.1 Å². The molecule has 0 saturated carbocycles. The minimum Gasteiger partial charge on any atom is -0.487 e. The quantitative estimate of drug-likeness (QED) is 0.925. The van der Waals surface area contributed by atoms with Crippen LogP contribution in [0.5, 0.6) is 5.75 Å². The van der Waals surface area contributed by atoms with Crippen LogP contribution in [0, 0.1) is 0 Å². The van der Waals surface area contributed by atoms with E-state index in [9.17, 15) is 0 Å². The predicted molar refractivity (Wildman–Crippen MR) is 81.4 cm³/mol. The van der Waals surface area contributed by atoms with E-state index < -0.39 is 0 Å². The van der Waals surface area contributed by atoms with E-state index in [1.54, 1.807) is 18.5 Å². The highest BCUT2D eigenvalue weighted by atomic mass is 35.5. The van der Waals surface area contributed by atoms with Crippen LogP contribution in [-0.4, -0.2) is 10.6 Å². The third-order valence-electron chi connectivity index (χ3n) is 3.38. The molecule has 20 heavy (non-hydrogen) atoms. The van der Waals surface area contributed by atoms with Gasteiger partial charge in [-0.1, -0.05) is 23.7 Å². The Morgan fingerprint density at radius 1 is 1.35 bits per heavy atom. The van der Waals surface area contributed by atoms with Crippen LogP contribution in [0.1, 0.15) is 25.0 Å². The molecule has 1 aliphatic rings. The van der Waals surface area contributed by atoms with Gasteiger partial charge in [0, 0.05) is 19.2 Å². The summed E-state index contributed by atoms with van der Waals surface area (Å²) in [5.74, 6) is 0.998. The van der Waals surface area contributed by atoms with Gasteiger partial charge in [0.05, 0.1) is 16.9 Å². The number of pyridine rings is 1. The molecule has 4 heteroatoms. The van der Waals surface area contributed by atoms with E-state index in [0.29, 0.717) is 5.02 Å². The summed E-state index contributed by atoms with van der Waals surface area (Å²) in [4.78, 5) is 4.07. The molecule has 0 atom stereocenters. The van der Waals surface area contributed by atoms with Gasteiger partial charge in [0.2, 0.25) is 0 Å². The minimum atomic E-state index is -0.0962. The maximum atomic E-state index is 6.10. The summed E-state index contributed by atoms with van der Waals surface area (Å²) in [6, 6.07) is 8.10. The van der Waals surface area contributed by atoms with E-state index in [1.165, 1.54) is 11.1 Å². The maximum Gasteiger partial charge on any atom is 0.123 e. The molecule has 1 aromatic heterocycles. The van der Waals surface area contributed by atoms with Gasteiger partial charge >= 0.3 is 0 Å². The van der Waals surface area contributed by atoms with Gasteiger partial charge in [-0.3, -0.25) is 4.98 Å². The second-order valence-corrected chi connectivity index (χ2v) is 6.10. The SMILES string of the molecule is CC1(C)Cc2cc(CNc3cnccc3Cl)ccc2O1. The Hall–Kier alpha value is -1.74. The fourth-order valence-electron chi connectivity index (χ4n) is 2.48. The Morgan fingerprint density at radius 2 is 2.20 bits per heavy atom. The highest BCUT2D eigenvalue weighted by Gasteiger charge is 2.29. The molecule has 1 N–H and O–H groups in total. The van der Waals surface area contributed by atoms with Crippen LogP contribution in [-0.2, 0) is 13.0 Å². The first kappa shape index (κ1) is 13.3. The van der Waals surface area contributed by atoms with E-state index in [0.717, 1.165) is 24.4 Å². The third-order valence-corrected chi connectivity index (χ3v) is 3.71. The molecule has 3 nitrogen and oxygen atoms in total. The second-order valence-electron chi connectivity index (χ2n) is 5.69. The van der Waals surface area contributed by atoms with Crippen molar-refractivity contribution >= 4 is 17.3 Å². The maximum absolute atomic E-state index is 6.10. The largest absolute Gasteiger partial charge is 0.487 e. The van der Waals surface area contributed by atoms with Gasteiger partial charge in [0.15, 0.2) is 0 Å². The molecule has 0 amide bonds. The number of nitrogens with zero attached hydrogens (tertiary/aromatic N) is 1. The lowest BCUT2D eigenvalue weighted by Gasteiger charge is -2.16. The Labute approximate surface area is 123 Å². The summed E-state index contributed by atoms with van der Waals surface area (Å²) in [6.45, 7) is 4.94. The van der Waals surface area contributed by atoms with Crippen molar-refractivity contribution in [3.63, 3.8) is 0 Å². The first-order valence-corrected chi connectivity index (χ1v) is 7.05. The highest BCUT2D eigenvalue weighted by Crippen LogP contribution is 2.35. The summed E-state index contributed by atoms with van der Waals surface area (Å²) in [5.41, 5.74) is 3.24. The van der Waals surface area contributed by atoms with E-state index in [2.05, 4.69) is 36.3 Å². The van der Waals surface area contributed by atoms with Crippen molar-refractivity contribution < 1.29 is 4.74 Å². The van der Waals surface area contributed by atoms with Crippen LogP contribution in [0.3, 0.4) is 0 Å². The summed E-state index contributed by atoms with van der Waals surface area (Å²) < 4.78 is 5.88. The van der Waals surface area contributed by atoms with Crippen LogP contribution in [0.2, 0.25) is 5.02 Å². The minimum absolute atomic E-state index is 0.0962. The lowest BCUT2D eigenvalue weighted by atomic mass is 10.0. The number of hydrogen-bond donors (Lipinski definition) is 1. The summed E-state index contributed by atoms with van der Waals surface area (Å²) in [5, 5.41) is 3.99. The van der Waals surface area contributed by atoms with Crippen molar-refractivity contribution in [3.05, 3.63) is 52.8 Å². The van der Waals surface area contributed by atoms with E-state index >= 15 is 0 Å². The second kappa shape index (κ2) is 4.98. The lowest BCUT2D eigenvalue weighted by Crippen LogP contribution is -2.24. The highest BCUT2D eigenvalue weighted by molar-refractivity contribution is 6.33. The number of aromatic nitrogens is 1. The molecule has 0 aliphatic carbocycles. The first-order valence-electron chi connectivity index (χ1n) is 6.68. The van der Waals surface area contributed by atoms with Gasteiger partial charge in [-0.25, -0.2) is 0 Å². The number of fused-ring (bicyclic) bond motifs is 1. The van der Waals surface area contributed by atoms with Crippen molar-refractivity contribution in [2.45, 2.75) is 32.4 Å². The third kappa shape index (κ3) is 2.73. The lowest BCUT2D eigenvalue weighted by molar-refractivity contribution is 0.138. The molecule has 104 valence electrons. The average Bonchev–Trinajstić information content (AvgIpc) is 2.71. The van der Waals surface area contributed by atoms with Crippen LogP contribution >= 0.6 is 11.6 Å². The zero-order valence-corrected chi connectivity index (χ0v) is 12.4. The number of benzene rings is 1. The molecule has 3 rings (SSSR count). The fraction of sp³-hybridized carbons (Fsp3) is 0.312. The topological polar surface area (TPSA) is 34.2 Å². The summed E-state index contributed by atoms with van der Waals surface area (Å²) >= 11 is 6.10. The molecule has 1 aromatic carbocycles. The van der Waals surface area contributed by atoms with E-state index in [4.69, 9.17) is 16.3 Å². The van der Waals surface area contributed by atoms with Crippen molar-refractivity contribution in [2.24, 2.45) is 0 Å². The average molecular weight is 289 g/mol. The molecule has 2 aromatic rings. The van der Waals surface area contributed by atoms with Gasteiger partial charge in [0.25, 0.3) is 0 Å². The number of halogens is 1. The van der Waals surface area contributed by atoms with Crippen molar-refractivity contribution in [1.29, 1.82) is 0 Å². The van der Waals surface area contributed by atoms with Crippen LogP contribution in [0.4, 0.5) is 5.69 Å². The molecule has 0 spiro atoms. The molecular formula is C16H17ClN2O. The number of hydrogen-bond acceptors (Lipinski definition) is 3. The molecule has 0 fully saturated rings. The number of nitrogens with one attached hydrogen (secondary N) is 1.